The molecule has 2 heterocycles. The highest BCUT2D eigenvalue weighted by Gasteiger charge is 2.26. The summed E-state index contributed by atoms with van der Waals surface area (Å²) in [6.07, 6.45) is 2.76. The number of hydrogen-bond acceptors (Lipinski definition) is 4. The van der Waals surface area contributed by atoms with Gasteiger partial charge in [-0.1, -0.05) is 0 Å². The first-order valence-corrected chi connectivity index (χ1v) is 8.98. The first kappa shape index (κ1) is 17.2. The van der Waals surface area contributed by atoms with Crippen molar-refractivity contribution in [3.8, 4) is 0 Å². The van der Waals surface area contributed by atoms with Crippen LogP contribution in [0.3, 0.4) is 0 Å². The topological polar surface area (TPSA) is 88.9 Å². The summed E-state index contributed by atoms with van der Waals surface area (Å²) in [7, 11) is 1.85. The van der Waals surface area contributed by atoms with Crippen LogP contribution in [0.15, 0.2) is 24.3 Å². The van der Waals surface area contributed by atoms with Gasteiger partial charge < -0.3 is 10.6 Å². The third kappa shape index (κ3) is 3.05. The van der Waals surface area contributed by atoms with Crippen LogP contribution in [0.2, 0.25) is 0 Å². The van der Waals surface area contributed by atoms with Gasteiger partial charge in [0, 0.05) is 31.0 Å². The maximum Gasteiger partial charge on any atom is 0.256 e. The second-order valence-electron chi connectivity index (χ2n) is 6.89. The van der Waals surface area contributed by atoms with Gasteiger partial charge in [0.1, 0.15) is 0 Å². The molecule has 2 amide bonds. The molecule has 0 spiro atoms. The number of pyridine rings is 1. The SMILES string of the molecule is CC(=O)Nc1ccc(NC(=O)c2c3c(nc4c2c(C)nn4C)CCC3)cc1. The Bertz CT molecular complexity index is 1070. The van der Waals surface area contributed by atoms with Crippen LogP contribution in [0.25, 0.3) is 11.0 Å². The molecule has 7 nitrogen and oxygen atoms in total. The maximum absolute atomic E-state index is 13.2. The predicted octanol–water partition coefficient (Wildman–Crippen LogP) is 2.98. The highest BCUT2D eigenvalue weighted by Crippen LogP contribution is 2.32. The summed E-state index contributed by atoms with van der Waals surface area (Å²) in [5.41, 5.74) is 5.63. The van der Waals surface area contributed by atoms with Crippen molar-refractivity contribution in [3.63, 3.8) is 0 Å². The van der Waals surface area contributed by atoms with Crippen molar-refractivity contribution in [2.45, 2.75) is 33.1 Å². The molecule has 0 bridgehead atoms. The van der Waals surface area contributed by atoms with Crippen molar-refractivity contribution in [2.24, 2.45) is 7.05 Å². The van der Waals surface area contributed by atoms with Gasteiger partial charge in [-0.05, 0) is 56.0 Å². The number of carbonyl (C=O) groups is 2. The van der Waals surface area contributed by atoms with Crippen molar-refractivity contribution in [1.82, 2.24) is 14.8 Å². The van der Waals surface area contributed by atoms with Crippen LogP contribution < -0.4 is 10.6 Å². The number of nitrogens with zero attached hydrogens (tertiary/aromatic N) is 3. The zero-order valence-corrected chi connectivity index (χ0v) is 15.6. The molecule has 3 aromatic rings. The third-order valence-electron chi connectivity index (χ3n) is 4.86. The Labute approximate surface area is 156 Å². The van der Waals surface area contributed by atoms with Crippen LogP contribution in [0.5, 0.6) is 0 Å². The van der Waals surface area contributed by atoms with E-state index in [4.69, 9.17) is 4.98 Å². The van der Waals surface area contributed by atoms with E-state index < -0.39 is 0 Å². The second kappa shape index (κ2) is 6.50. The molecule has 2 N–H and O–H groups in total. The van der Waals surface area contributed by atoms with Gasteiger partial charge in [0.05, 0.1) is 16.6 Å². The number of anilines is 2. The van der Waals surface area contributed by atoms with E-state index in [-0.39, 0.29) is 11.8 Å². The fourth-order valence-corrected chi connectivity index (χ4v) is 3.75. The fraction of sp³-hybridized carbons (Fsp3) is 0.300. The van der Waals surface area contributed by atoms with E-state index in [0.717, 1.165) is 47.2 Å². The van der Waals surface area contributed by atoms with Gasteiger partial charge in [-0.2, -0.15) is 5.10 Å². The average molecular weight is 363 g/mol. The van der Waals surface area contributed by atoms with Gasteiger partial charge >= 0.3 is 0 Å². The van der Waals surface area contributed by atoms with Crippen molar-refractivity contribution >= 4 is 34.2 Å². The zero-order valence-electron chi connectivity index (χ0n) is 15.6. The molecule has 4 rings (SSSR count). The van der Waals surface area contributed by atoms with Crippen LogP contribution in [0.1, 0.15) is 40.7 Å². The standard InChI is InChI=1S/C20H21N5O2/c1-11-17-18(15-5-4-6-16(15)23-19(17)25(3)24-11)20(27)22-14-9-7-13(8-10-14)21-12(2)26/h7-10H,4-6H2,1-3H3,(H,21,26)(H,22,27). The summed E-state index contributed by atoms with van der Waals surface area (Å²) in [4.78, 5) is 29.0. The van der Waals surface area contributed by atoms with E-state index in [1.54, 1.807) is 28.9 Å². The summed E-state index contributed by atoms with van der Waals surface area (Å²) >= 11 is 0. The van der Waals surface area contributed by atoms with Crippen LogP contribution in [0.4, 0.5) is 11.4 Å². The Morgan fingerprint density at radius 1 is 1.07 bits per heavy atom. The smallest absolute Gasteiger partial charge is 0.256 e. The van der Waals surface area contributed by atoms with E-state index >= 15 is 0 Å². The molecule has 1 aromatic carbocycles. The van der Waals surface area contributed by atoms with Crippen LogP contribution in [-0.4, -0.2) is 26.6 Å². The van der Waals surface area contributed by atoms with E-state index in [2.05, 4.69) is 15.7 Å². The minimum Gasteiger partial charge on any atom is -0.326 e. The maximum atomic E-state index is 13.2. The first-order chi connectivity index (χ1) is 12.9. The zero-order chi connectivity index (χ0) is 19.1. The highest BCUT2D eigenvalue weighted by atomic mass is 16.2. The Morgan fingerprint density at radius 3 is 2.41 bits per heavy atom. The second-order valence-corrected chi connectivity index (χ2v) is 6.89. The average Bonchev–Trinajstić information content (AvgIpc) is 3.19. The highest BCUT2D eigenvalue weighted by molar-refractivity contribution is 6.14. The molecule has 0 atom stereocenters. The molecule has 7 heteroatoms. The first-order valence-electron chi connectivity index (χ1n) is 8.98. The van der Waals surface area contributed by atoms with Crippen molar-refractivity contribution in [2.75, 3.05) is 10.6 Å². The summed E-state index contributed by atoms with van der Waals surface area (Å²) in [5, 5.41) is 11.0. The molecule has 0 radical (unpaired) electrons. The third-order valence-corrected chi connectivity index (χ3v) is 4.86. The lowest BCUT2D eigenvalue weighted by molar-refractivity contribution is -0.114. The number of fused-ring (bicyclic) bond motifs is 2. The van der Waals surface area contributed by atoms with Crippen molar-refractivity contribution in [1.29, 1.82) is 0 Å². The molecule has 0 saturated carbocycles. The van der Waals surface area contributed by atoms with Crippen LogP contribution >= 0.6 is 0 Å². The van der Waals surface area contributed by atoms with Crippen molar-refractivity contribution < 1.29 is 9.59 Å². The van der Waals surface area contributed by atoms with E-state index in [1.807, 2.05) is 14.0 Å². The Morgan fingerprint density at radius 2 is 1.74 bits per heavy atom. The molecule has 1 aliphatic rings. The number of rotatable bonds is 3. The molecular formula is C20H21N5O2. The summed E-state index contributed by atoms with van der Waals surface area (Å²) < 4.78 is 1.74. The number of aromatic nitrogens is 3. The number of carbonyl (C=O) groups excluding carboxylic acids is 2. The number of benzene rings is 1. The molecule has 0 aliphatic heterocycles. The fourth-order valence-electron chi connectivity index (χ4n) is 3.75. The lowest BCUT2D eigenvalue weighted by Gasteiger charge is -2.12. The normalized spacial score (nSPS) is 12.9. The number of aryl methyl sites for hydroxylation is 3. The van der Waals surface area contributed by atoms with Crippen LogP contribution in [-0.2, 0) is 24.7 Å². The lowest BCUT2D eigenvalue weighted by Crippen LogP contribution is -2.16. The van der Waals surface area contributed by atoms with Gasteiger partial charge in [0.15, 0.2) is 5.65 Å². The van der Waals surface area contributed by atoms with Crippen molar-refractivity contribution in [3.05, 3.63) is 46.8 Å². The molecule has 27 heavy (non-hydrogen) atoms. The molecule has 0 unspecified atom stereocenters. The quantitative estimate of drug-likeness (QED) is 0.749. The Kier molecular flexibility index (Phi) is 4.14. The minimum absolute atomic E-state index is 0.131. The number of nitrogens with one attached hydrogen (secondary N) is 2. The van der Waals surface area contributed by atoms with Crippen LogP contribution in [0, 0.1) is 6.92 Å². The molecule has 2 aromatic heterocycles. The van der Waals surface area contributed by atoms with E-state index in [9.17, 15) is 9.59 Å². The van der Waals surface area contributed by atoms with Gasteiger partial charge in [-0.25, -0.2) is 4.98 Å². The number of hydrogen-bond donors (Lipinski definition) is 2. The molecule has 138 valence electrons. The molecule has 1 aliphatic carbocycles. The van der Waals surface area contributed by atoms with Gasteiger partial charge in [-0.3, -0.25) is 14.3 Å². The summed E-state index contributed by atoms with van der Waals surface area (Å²) in [6, 6.07) is 7.08. The van der Waals surface area contributed by atoms with E-state index in [1.165, 1.54) is 6.92 Å². The lowest BCUT2D eigenvalue weighted by atomic mass is 10.0. The number of amides is 2. The molecular weight excluding hydrogens is 342 g/mol. The van der Waals surface area contributed by atoms with Gasteiger partial charge in [-0.15, -0.1) is 0 Å². The minimum atomic E-state index is -0.149. The Balaban J connectivity index is 1.72. The largest absolute Gasteiger partial charge is 0.326 e. The van der Waals surface area contributed by atoms with E-state index in [0.29, 0.717) is 16.9 Å². The molecule has 0 saturated heterocycles. The summed E-state index contributed by atoms with van der Waals surface area (Å²) in [5.74, 6) is -0.280. The monoisotopic (exact) mass is 363 g/mol. The predicted molar refractivity (Wildman–Crippen MR) is 104 cm³/mol. The van der Waals surface area contributed by atoms with Gasteiger partial charge in [0.2, 0.25) is 5.91 Å². The van der Waals surface area contributed by atoms with Gasteiger partial charge in [0.25, 0.3) is 5.91 Å². The molecule has 0 fully saturated rings. The Hall–Kier alpha value is -3.22. The summed E-state index contributed by atoms with van der Waals surface area (Å²) in [6.45, 7) is 3.37.